The first-order chi connectivity index (χ1) is 18.7. The van der Waals surface area contributed by atoms with Crippen LogP contribution in [-0.2, 0) is 17.6 Å². The molecule has 3 saturated heterocycles. The lowest BCUT2D eigenvalue weighted by Gasteiger charge is -2.56. The minimum Gasteiger partial charge on any atom is -0.378 e. The molecule has 3 aliphatic heterocycles. The predicted molar refractivity (Wildman–Crippen MR) is 149 cm³/mol. The fraction of sp³-hybridized carbons (Fsp3) is 0.406. The third kappa shape index (κ3) is 3.76. The number of pyridine rings is 1. The van der Waals surface area contributed by atoms with Crippen molar-refractivity contribution in [2.24, 2.45) is 0 Å². The Hall–Kier alpha value is -3.22. The van der Waals surface area contributed by atoms with E-state index in [1.165, 1.54) is 36.0 Å². The molecule has 0 spiro atoms. The quantitative estimate of drug-likeness (QED) is 0.355. The van der Waals surface area contributed by atoms with Gasteiger partial charge in [0.2, 0.25) is 0 Å². The molecule has 0 amide bonds. The van der Waals surface area contributed by atoms with Crippen molar-refractivity contribution in [3.05, 3.63) is 72.1 Å². The maximum Gasteiger partial charge on any atom is 0.137 e. The fourth-order valence-electron chi connectivity index (χ4n) is 7.22. The number of aromatic amines is 1. The average Bonchev–Trinajstić information content (AvgIpc) is 3.26. The second-order valence-electron chi connectivity index (χ2n) is 11.6. The molecule has 5 nitrogen and oxygen atoms in total. The molecular formula is C32H33FN4O. The SMILES string of the molecule is FC1CN(c2ccc(-c3c[nH]c4ncc(-c5ccc6c(c5)CC[C@@H](N5C7COCC5C7)CC6)cc34)cc2)C1. The summed E-state index contributed by atoms with van der Waals surface area (Å²) in [4.78, 5) is 13.0. The van der Waals surface area contributed by atoms with Gasteiger partial charge in [0.15, 0.2) is 0 Å². The van der Waals surface area contributed by atoms with E-state index < -0.39 is 6.17 Å². The summed E-state index contributed by atoms with van der Waals surface area (Å²) in [6, 6.07) is 19.8. The molecule has 8 rings (SSSR count). The van der Waals surface area contributed by atoms with Crippen LogP contribution in [0.1, 0.15) is 30.4 Å². The number of ether oxygens (including phenoxy) is 1. The number of alkyl halides is 1. The smallest absolute Gasteiger partial charge is 0.137 e. The van der Waals surface area contributed by atoms with Gasteiger partial charge in [0.25, 0.3) is 0 Å². The minimum absolute atomic E-state index is 0.495. The van der Waals surface area contributed by atoms with E-state index in [1.807, 2.05) is 12.4 Å². The van der Waals surface area contributed by atoms with Crippen LogP contribution >= 0.6 is 0 Å². The van der Waals surface area contributed by atoms with Crippen molar-refractivity contribution in [2.45, 2.75) is 56.4 Å². The fourth-order valence-corrected chi connectivity index (χ4v) is 7.22. The number of rotatable bonds is 4. The topological polar surface area (TPSA) is 44.4 Å². The number of fused-ring (bicyclic) bond motifs is 4. The van der Waals surface area contributed by atoms with Crippen LogP contribution in [0, 0.1) is 0 Å². The van der Waals surface area contributed by atoms with Crippen LogP contribution < -0.4 is 4.90 Å². The molecule has 4 aromatic rings. The third-order valence-corrected chi connectivity index (χ3v) is 9.37. The van der Waals surface area contributed by atoms with Gasteiger partial charge in [-0.3, -0.25) is 4.90 Å². The largest absolute Gasteiger partial charge is 0.378 e. The van der Waals surface area contributed by atoms with Crippen molar-refractivity contribution in [3.8, 4) is 22.3 Å². The van der Waals surface area contributed by atoms with Crippen LogP contribution in [0.3, 0.4) is 0 Å². The number of H-pyrrole nitrogens is 1. The van der Waals surface area contributed by atoms with Crippen molar-refractivity contribution < 1.29 is 9.13 Å². The Kier molecular flexibility index (Phi) is 5.34. The number of nitrogens with zero attached hydrogens (tertiary/aromatic N) is 3. The zero-order valence-corrected chi connectivity index (χ0v) is 21.6. The number of hydrogen-bond acceptors (Lipinski definition) is 4. The van der Waals surface area contributed by atoms with Crippen LogP contribution in [0.4, 0.5) is 10.1 Å². The molecule has 3 fully saturated rings. The van der Waals surface area contributed by atoms with Crippen LogP contribution in [0.25, 0.3) is 33.3 Å². The predicted octanol–water partition coefficient (Wildman–Crippen LogP) is 5.78. The van der Waals surface area contributed by atoms with Gasteiger partial charge in [-0.25, -0.2) is 9.37 Å². The van der Waals surface area contributed by atoms with Crippen molar-refractivity contribution >= 4 is 16.7 Å². The van der Waals surface area contributed by atoms with E-state index in [4.69, 9.17) is 9.72 Å². The van der Waals surface area contributed by atoms with Crippen LogP contribution in [0.2, 0.25) is 0 Å². The van der Waals surface area contributed by atoms with Crippen molar-refractivity contribution in [3.63, 3.8) is 0 Å². The van der Waals surface area contributed by atoms with Crippen molar-refractivity contribution in [1.82, 2.24) is 14.9 Å². The molecule has 0 radical (unpaired) electrons. The number of aryl methyl sites for hydroxylation is 2. The van der Waals surface area contributed by atoms with E-state index in [0.29, 0.717) is 31.2 Å². The van der Waals surface area contributed by atoms with E-state index >= 15 is 0 Å². The van der Waals surface area contributed by atoms with Gasteiger partial charge in [0.05, 0.1) is 26.3 Å². The lowest BCUT2D eigenvalue weighted by molar-refractivity contribution is -0.148. The second kappa shape index (κ2) is 8.92. The van der Waals surface area contributed by atoms with Gasteiger partial charge < -0.3 is 14.6 Å². The zero-order chi connectivity index (χ0) is 25.2. The van der Waals surface area contributed by atoms with E-state index in [0.717, 1.165) is 59.5 Å². The Bertz CT molecular complexity index is 1480. The van der Waals surface area contributed by atoms with Gasteiger partial charge in [-0.2, -0.15) is 0 Å². The summed E-state index contributed by atoms with van der Waals surface area (Å²) in [6.07, 6.45) is 9.46. The van der Waals surface area contributed by atoms with E-state index in [1.54, 1.807) is 0 Å². The Balaban J connectivity index is 1.05. The summed E-state index contributed by atoms with van der Waals surface area (Å²) >= 11 is 0. The van der Waals surface area contributed by atoms with E-state index in [9.17, 15) is 4.39 Å². The summed E-state index contributed by atoms with van der Waals surface area (Å²) in [6.45, 7) is 2.83. The first kappa shape index (κ1) is 22.7. The van der Waals surface area contributed by atoms with E-state index in [-0.39, 0.29) is 0 Å². The van der Waals surface area contributed by atoms with Gasteiger partial charge in [-0.1, -0.05) is 30.3 Å². The molecule has 3 atom stereocenters. The maximum absolute atomic E-state index is 13.3. The Morgan fingerprint density at radius 2 is 1.61 bits per heavy atom. The summed E-state index contributed by atoms with van der Waals surface area (Å²) in [5.74, 6) is 0. The van der Waals surface area contributed by atoms with Gasteiger partial charge in [0, 0.05) is 52.7 Å². The summed E-state index contributed by atoms with van der Waals surface area (Å²) in [7, 11) is 0. The number of nitrogens with one attached hydrogen (secondary N) is 1. The maximum atomic E-state index is 13.3. The van der Waals surface area contributed by atoms with Crippen LogP contribution in [0.15, 0.2) is 60.9 Å². The molecule has 2 aromatic carbocycles. The molecule has 6 heteroatoms. The molecular weight excluding hydrogens is 475 g/mol. The summed E-state index contributed by atoms with van der Waals surface area (Å²) in [5, 5.41) is 1.13. The molecule has 194 valence electrons. The number of morpholine rings is 1. The number of hydrogen-bond donors (Lipinski definition) is 1. The summed E-state index contributed by atoms with van der Waals surface area (Å²) < 4.78 is 19.0. The lowest BCUT2D eigenvalue weighted by Crippen LogP contribution is -2.66. The molecule has 1 aliphatic carbocycles. The van der Waals surface area contributed by atoms with Gasteiger partial charge in [0.1, 0.15) is 11.8 Å². The normalized spacial score (nSPS) is 25.5. The highest BCUT2D eigenvalue weighted by molar-refractivity contribution is 5.96. The number of anilines is 1. The highest BCUT2D eigenvalue weighted by Gasteiger charge is 2.45. The summed E-state index contributed by atoms with van der Waals surface area (Å²) in [5.41, 5.74) is 9.68. The average molecular weight is 509 g/mol. The highest BCUT2D eigenvalue weighted by atomic mass is 19.1. The molecule has 2 aromatic heterocycles. The number of benzene rings is 2. The van der Waals surface area contributed by atoms with Gasteiger partial charge >= 0.3 is 0 Å². The molecule has 4 aliphatic rings. The molecule has 2 unspecified atom stereocenters. The molecule has 1 N–H and O–H groups in total. The minimum atomic E-state index is -0.697. The monoisotopic (exact) mass is 508 g/mol. The first-order valence-electron chi connectivity index (χ1n) is 14.1. The second-order valence-corrected chi connectivity index (χ2v) is 11.6. The molecule has 0 saturated carbocycles. The standard InChI is InChI=1S/C32H33FN4O/c33-25-16-36(17-25)26-7-4-21(5-8-26)31-15-35-32-30(31)12-24(14-34-32)23-2-1-20-3-9-27(10-6-22(20)11-23)37-28-13-29(37)19-38-18-28/h1-2,4-5,7-8,11-12,14-15,25,27-29H,3,6,9-10,13,16-19H2,(H,34,35)/t27-,28?,29?/m0/s1. The number of aromatic nitrogens is 2. The Morgan fingerprint density at radius 3 is 2.37 bits per heavy atom. The Morgan fingerprint density at radius 1 is 0.842 bits per heavy atom. The third-order valence-electron chi connectivity index (χ3n) is 9.37. The molecule has 38 heavy (non-hydrogen) atoms. The van der Waals surface area contributed by atoms with Crippen molar-refractivity contribution in [2.75, 3.05) is 31.2 Å². The Labute approximate surface area is 222 Å². The van der Waals surface area contributed by atoms with E-state index in [2.05, 4.69) is 63.3 Å². The first-order valence-corrected chi connectivity index (χ1v) is 14.1. The van der Waals surface area contributed by atoms with Gasteiger partial charge in [-0.05, 0) is 72.6 Å². The van der Waals surface area contributed by atoms with Crippen LogP contribution in [-0.4, -0.2) is 65.5 Å². The van der Waals surface area contributed by atoms with Crippen LogP contribution in [0.5, 0.6) is 0 Å². The van der Waals surface area contributed by atoms with Crippen molar-refractivity contribution in [1.29, 1.82) is 0 Å². The highest BCUT2D eigenvalue weighted by Crippen LogP contribution is 2.38. The molecule has 5 heterocycles. The molecule has 2 bridgehead atoms. The zero-order valence-electron chi connectivity index (χ0n) is 21.6. The number of halogens is 1. The van der Waals surface area contributed by atoms with Gasteiger partial charge in [-0.15, -0.1) is 0 Å². The lowest BCUT2D eigenvalue weighted by atomic mass is 9.87.